The number of nitrogens with zero attached hydrogens (tertiary/aromatic N) is 3. The maximum atomic E-state index is 14.0. The average molecular weight is 569 g/mol. The van der Waals surface area contributed by atoms with Crippen molar-refractivity contribution < 1.29 is 34.8 Å². The van der Waals surface area contributed by atoms with Gasteiger partial charge in [-0.25, -0.2) is 0 Å². The number of aliphatic hydroxyl groups excluding tert-OH is 2. The molecule has 11 nitrogen and oxygen atoms in total. The summed E-state index contributed by atoms with van der Waals surface area (Å²) >= 11 is 0. The van der Waals surface area contributed by atoms with E-state index in [2.05, 4.69) is 11.9 Å². The lowest BCUT2D eigenvalue weighted by Crippen LogP contribution is -2.65. The van der Waals surface area contributed by atoms with Gasteiger partial charge in [-0.1, -0.05) is 12.8 Å². The Bertz CT molecular complexity index is 1390. The van der Waals surface area contributed by atoms with E-state index in [-0.39, 0.29) is 29.7 Å². The lowest BCUT2D eigenvalue weighted by Gasteiger charge is -2.50. The topological polar surface area (TPSA) is 168 Å². The number of hydrogen-bond donors (Lipinski definition) is 5. The van der Waals surface area contributed by atoms with Crippen molar-refractivity contribution in [2.45, 2.75) is 62.8 Å². The summed E-state index contributed by atoms with van der Waals surface area (Å²) in [7, 11) is 9.03. The molecule has 0 radical (unpaired) electrons. The number of phenols is 1. The Balaban J connectivity index is 1.67. The number of benzene rings is 1. The van der Waals surface area contributed by atoms with Crippen LogP contribution in [0.25, 0.3) is 5.76 Å². The molecule has 222 valence electrons. The summed E-state index contributed by atoms with van der Waals surface area (Å²) in [6.07, 6.45) is 4.95. The van der Waals surface area contributed by atoms with Gasteiger partial charge in [0.25, 0.3) is 5.91 Å². The number of hydrogen-bond acceptors (Lipinski definition) is 10. The normalized spacial score (nSPS) is 28.3. The van der Waals surface area contributed by atoms with E-state index >= 15 is 0 Å². The van der Waals surface area contributed by atoms with Gasteiger partial charge in [0.15, 0.2) is 11.4 Å². The van der Waals surface area contributed by atoms with E-state index in [0.717, 1.165) is 24.1 Å². The minimum atomic E-state index is -2.64. The smallest absolute Gasteiger partial charge is 0.255 e. The van der Waals surface area contributed by atoms with Gasteiger partial charge in [-0.3, -0.25) is 24.2 Å². The van der Waals surface area contributed by atoms with Crippen molar-refractivity contribution in [3.8, 4) is 5.75 Å². The fourth-order valence-electron chi connectivity index (χ4n) is 7.79. The zero-order valence-corrected chi connectivity index (χ0v) is 24.3. The summed E-state index contributed by atoms with van der Waals surface area (Å²) in [5.74, 6) is -6.49. The van der Waals surface area contributed by atoms with Crippen LogP contribution in [0.2, 0.25) is 0 Å². The number of nitrogens with two attached hydrogens (primary N) is 1. The lowest BCUT2D eigenvalue weighted by atomic mass is 9.57. The molecule has 2 fully saturated rings. The van der Waals surface area contributed by atoms with Gasteiger partial charge in [0.05, 0.1) is 11.6 Å². The van der Waals surface area contributed by atoms with Gasteiger partial charge >= 0.3 is 0 Å². The fraction of sp³-hybridized carbons (Fsp3) is 0.567. The highest BCUT2D eigenvalue weighted by atomic mass is 16.3. The first kappa shape index (κ1) is 29.1. The predicted octanol–water partition coefficient (Wildman–Crippen LogP) is 1.40. The summed E-state index contributed by atoms with van der Waals surface area (Å²) in [4.78, 5) is 45.2. The highest BCUT2D eigenvalue weighted by Crippen LogP contribution is 2.54. The van der Waals surface area contributed by atoms with E-state index in [1.54, 1.807) is 20.2 Å². The molecular weight excluding hydrogens is 528 g/mol. The molecule has 0 bridgehead atoms. The van der Waals surface area contributed by atoms with Gasteiger partial charge in [-0.05, 0) is 69.9 Å². The number of aliphatic hydroxyl groups is 3. The van der Waals surface area contributed by atoms with Crippen molar-refractivity contribution in [3.63, 3.8) is 0 Å². The van der Waals surface area contributed by atoms with E-state index in [4.69, 9.17) is 5.73 Å². The third-order valence-corrected chi connectivity index (χ3v) is 9.59. The largest absolute Gasteiger partial charge is 0.508 e. The molecule has 0 heterocycles. The van der Waals surface area contributed by atoms with Gasteiger partial charge < -0.3 is 31.1 Å². The summed E-state index contributed by atoms with van der Waals surface area (Å²) in [5.41, 5.74) is 4.29. The Morgan fingerprint density at radius 2 is 1.71 bits per heavy atom. The second kappa shape index (κ2) is 10.1. The van der Waals surface area contributed by atoms with Crippen LogP contribution < -0.4 is 10.6 Å². The first-order valence-corrected chi connectivity index (χ1v) is 14.1. The molecular formula is C30H40N4O7. The van der Waals surface area contributed by atoms with Crippen molar-refractivity contribution in [1.29, 1.82) is 0 Å². The Morgan fingerprint density at radius 1 is 1.07 bits per heavy atom. The molecule has 0 saturated heterocycles. The van der Waals surface area contributed by atoms with Gasteiger partial charge in [-0.2, -0.15) is 0 Å². The van der Waals surface area contributed by atoms with Crippen LogP contribution in [0.15, 0.2) is 23.0 Å². The third kappa shape index (κ3) is 4.24. The number of phenolic OH excluding ortho intramolecular Hbond substituents is 1. The van der Waals surface area contributed by atoms with E-state index in [0.29, 0.717) is 18.2 Å². The van der Waals surface area contributed by atoms with Crippen LogP contribution in [0.1, 0.15) is 48.8 Å². The lowest BCUT2D eigenvalue weighted by molar-refractivity contribution is -0.153. The molecule has 0 unspecified atom stereocenters. The maximum Gasteiger partial charge on any atom is 0.255 e. The number of aromatic hydroxyl groups is 1. The van der Waals surface area contributed by atoms with Crippen LogP contribution in [0.4, 0.5) is 5.69 Å². The second-order valence-electron chi connectivity index (χ2n) is 12.5. The van der Waals surface area contributed by atoms with Crippen LogP contribution in [0, 0.1) is 11.8 Å². The molecule has 1 aromatic carbocycles. The van der Waals surface area contributed by atoms with Gasteiger partial charge in [0.2, 0.25) is 5.78 Å². The van der Waals surface area contributed by atoms with E-state index in [1.165, 1.54) is 17.7 Å². The molecule has 1 amide bonds. The summed E-state index contributed by atoms with van der Waals surface area (Å²) in [5, 5.41) is 45.5. The molecule has 41 heavy (non-hydrogen) atoms. The Labute approximate surface area is 239 Å². The minimum absolute atomic E-state index is 0.0611. The van der Waals surface area contributed by atoms with Crippen molar-refractivity contribution in [2.24, 2.45) is 17.6 Å². The highest BCUT2D eigenvalue weighted by molar-refractivity contribution is 6.24. The molecule has 6 N–H and O–H groups in total. The van der Waals surface area contributed by atoms with Gasteiger partial charge in [0.1, 0.15) is 22.8 Å². The molecule has 4 aliphatic carbocycles. The zero-order valence-electron chi connectivity index (χ0n) is 24.3. The zero-order chi connectivity index (χ0) is 30.1. The molecule has 0 spiro atoms. The summed E-state index contributed by atoms with van der Waals surface area (Å²) in [6.45, 7) is 0.591. The van der Waals surface area contributed by atoms with Crippen LogP contribution in [-0.2, 0) is 27.3 Å². The highest BCUT2D eigenvalue weighted by Gasteiger charge is 2.64. The Morgan fingerprint density at radius 3 is 2.27 bits per heavy atom. The minimum Gasteiger partial charge on any atom is -0.508 e. The number of ketones is 2. The number of primary amides is 1. The van der Waals surface area contributed by atoms with Crippen molar-refractivity contribution in [2.75, 3.05) is 40.1 Å². The van der Waals surface area contributed by atoms with Crippen LogP contribution in [0.3, 0.4) is 0 Å². The van der Waals surface area contributed by atoms with E-state index in [1.807, 2.05) is 19.0 Å². The number of carbonyl (C=O) groups excluding carboxylic acids is 3. The third-order valence-electron chi connectivity index (χ3n) is 9.59. The monoisotopic (exact) mass is 568 g/mol. The van der Waals surface area contributed by atoms with Gasteiger partial charge in [-0.15, -0.1) is 0 Å². The second-order valence-corrected chi connectivity index (χ2v) is 12.5. The van der Waals surface area contributed by atoms with E-state index in [9.17, 15) is 34.8 Å². The van der Waals surface area contributed by atoms with Gasteiger partial charge in [0, 0.05) is 43.9 Å². The first-order chi connectivity index (χ1) is 19.2. The number of amides is 1. The number of carbonyl (C=O) groups is 3. The van der Waals surface area contributed by atoms with Crippen molar-refractivity contribution in [1.82, 2.24) is 9.80 Å². The Hall–Kier alpha value is -3.41. The number of rotatable bonds is 6. The first-order valence-electron chi connectivity index (χ1n) is 14.1. The average Bonchev–Trinajstić information content (AvgIpc) is 3.41. The van der Waals surface area contributed by atoms with Crippen LogP contribution >= 0.6 is 0 Å². The van der Waals surface area contributed by atoms with Crippen LogP contribution in [-0.4, -0.2) is 101 Å². The van der Waals surface area contributed by atoms with Crippen molar-refractivity contribution >= 4 is 28.9 Å². The van der Waals surface area contributed by atoms with Crippen LogP contribution in [0.5, 0.6) is 5.75 Å². The summed E-state index contributed by atoms with van der Waals surface area (Å²) < 4.78 is 0. The molecule has 5 rings (SSSR count). The number of fused-ring (bicyclic) bond motifs is 3. The molecule has 0 aromatic heterocycles. The molecule has 4 aliphatic rings. The maximum absolute atomic E-state index is 14.0. The predicted molar refractivity (Wildman–Crippen MR) is 152 cm³/mol. The number of Topliss-reactive ketones (excluding diaryl/α,β-unsaturated/α-hetero) is 2. The Kier molecular flexibility index (Phi) is 7.20. The summed E-state index contributed by atoms with van der Waals surface area (Å²) in [6, 6.07) is 0.959. The standard InChI is InChI=1S/C30H40N4O7/c1-32(2)23-15(13-34(5)16-8-6-7-9-16)12-19(35)21-17(23)10-14-11-18-24(33(3)4)26(37)22(29(31)40)28(39)30(18,41)27(38)20(14)25(21)36/h12,14,16,18,24,35-36,39,41H,6-11,13H2,1-5H3,(H2,31,40)/t14-,18-,24-,30-/m0/s1. The number of likely N-dealkylation sites (N-methyl/N-ethyl adjacent to an activating group) is 1. The van der Waals surface area contributed by atoms with E-state index < -0.39 is 58.0 Å². The quantitative estimate of drug-likeness (QED) is 0.317. The molecule has 2 saturated carbocycles. The molecule has 1 aromatic rings. The fourth-order valence-corrected chi connectivity index (χ4v) is 7.79. The molecule has 11 heteroatoms. The number of anilines is 1. The molecule has 4 atom stereocenters. The SMILES string of the molecule is CN(C)c1c(CN(C)C2CCCC2)cc(O)c2c1C[C@H]1C[C@H]3[C@H](N(C)C)C(=O)C(C(N)=O)=C(O)[C@@]3(O)C(=O)C1=C2O. The van der Waals surface area contributed by atoms with Crippen molar-refractivity contribution in [3.05, 3.63) is 39.7 Å². The molecule has 0 aliphatic heterocycles.